The van der Waals surface area contributed by atoms with E-state index in [0.717, 1.165) is 0 Å². The van der Waals surface area contributed by atoms with Crippen LogP contribution in [0.3, 0.4) is 0 Å². The van der Waals surface area contributed by atoms with Crippen LogP contribution < -0.4 is 0 Å². The Morgan fingerprint density at radius 3 is 2.82 bits per heavy atom. The first-order valence-corrected chi connectivity index (χ1v) is 5.43. The second kappa shape index (κ2) is 6.06. The lowest BCUT2D eigenvalue weighted by Gasteiger charge is -2.07. The molecule has 1 rings (SSSR count). The molecule has 0 aromatic heterocycles. The van der Waals surface area contributed by atoms with Crippen LogP contribution in [0.25, 0.3) is 0 Å². The summed E-state index contributed by atoms with van der Waals surface area (Å²) in [5.41, 5.74) is 1.16. The van der Waals surface area contributed by atoms with Crippen molar-refractivity contribution in [2.45, 2.75) is 18.2 Å². The SMILES string of the molecule is CCOC(=O)Cc1cc(C#N)c(S)cc1C=O. The van der Waals surface area contributed by atoms with Gasteiger partial charge >= 0.3 is 5.97 Å². The summed E-state index contributed by atoms with van der Waals surface area (Å²) in [4.78, 5) is 22.6. The third-order valence-corrected chi connectivity index (χ3v) is 2.52. The van der Waals surface area contributed by atoms with E-state index in [9.17, 15) is 9.59 Å². The summed E-state index contributed by atoms with van der Waals surface area (Å²) in [5, 5.41) is 8.84. The van der Waals surface area contributed by atoms with Gasteiger partial charge in [-0.05, 0) is 24.6 Å². The molecule has 1 aromatic carbocycles. The minimum absolute atomic E-state index is 0.0232. The van der Waals surface area contributed by atoms with Gasteiger partial charge in [0.15, 0.2) is 0 Å². The molecule has 0 unspecified atom stereocenters. The summed E-state index contributed by atoms with van der Waals surface area (Å²) in [5.74, 6) is -0.425. The zero-order chi connectivity index (χ0) is 12.8. The van der Waals surface area contributed by atoms with Crippen molar-refractivity contribution in [3.63, 3.8) is 0 Å². The normalized spacial score (nSPS) is 9.47. The molecule has 0 bridgehead atoms. The fourth-order valence-electron chi connectivity index (χ4n) is 1.37. The summed E-state index contributed by atoms with van der Waals surface area (Å²) < 4.78 is 4.79. The maximum absolute atomic E-state index is 11.3. The second-order valence-electron chi connectivity index (χ2n) is 3.28. The van der Waals surface area contributed by atoms with Gasteiger partial charge in [-0.15, -0.1) is 12.6 Å². The first-order chi connectivity index (χ1) is 8.12. The molecule has 0 radical (unpaired) electrons. The summed E-state index contributed by atoms with van der Waals surface area (Å²) in [6.07, 6.45) is 0.611. The van der Waals surface area contributed by atoms with Crippen LogP contribution in [0.2, 0.25) is 0 Å². The highest BCUT2D eigenvalue weighted by atomic mass is 32.1. The van der Waals surface area contributed by atoms with Crippen LogP contribution in [0.5, 0.6) is 0 Å². The predicted molar refractivity (Wildman–Crippen MR) is 64.1 cm³/mol. The summed E-state index contributed by atoms with van der Waals surface area (Å²) >= 11 is 4.08. The maximum atomic E-state index is 11.3. The Morgan fingerprint density at radius 2 is 2.29 bits per heavy atom. The van der Waals surface area contributed by atoms with E-state index in [0.29, 0.717) is 27.9 Å². The van der Waals surface area contributed by atoms with E-state index in [1.54, 1.807) is 6.92 Å². The van der Waals surface area contributed by atoms with Crippen molar-refractivity contribution in [1.29, 1.82) is 5.26 Å². The van der Waals surface area contributed by atoms with Crippen LogP contribution in [-0.4, -0.2) is 18.9 Å². The van der Waals surface area contributed by atoms with Crippen molar-refractivity contribution in [2.75, 3.05) is 6.61 Å². The summed E-state index contributed by atoms with van der Waals surface area (Å²) in [6, 6.07) is 4.91. The average molecular weight is 249 g/mol. The van der Waals surface area contributed by atoms with E-state index in [-0.39, 0.29) is 13.0 Å². The van der Waals surface area contributed by atoms with E-state index < -0.39 is 5.97 Å². The smallest absolute Gasteiger partial charge is 0.310 e. The Labute approximate surface area is 105 Å². The fourth-order valence-corrected chi connectivity index (χ4v) is 1.62. The van der Waals surface area contributed by atoms with Crippen molar-refractivity contribution in [3.05, 3.63) is 28.8 Å². The predicted octanol–water partition coefficient (Wildman–Crippen LogP) is 1.77. The van der Waals surface area contributed by atoms with Gasteiger partial charge < -0.3 is 4.74 Å². The van der Waals surface area contributed by atoms with Gasteiger partial charge in [0.05, 0.1) is 18.6 Å². The Hall–Kier alpha value is -1.80. The van der Waals surface area contributed by atoms with E-state index in [1.165, 1.54) is 12.1 Å². The molecule has 0 saturated heterocycles. The largest absolute Gasteiger partial charge is 0.466 e. The van der Waals surface area contributed by atoms with E-state index in [1.807, 2.05) is 6.07 Å². The fraction of sp³-hybridized carbons (Fsp3) is 0.250. The number of aldehydes is 1. The van der Waals surface area contributed by atoms with Crippen LogP contribution >= 0.6 is 12.6 Å². The number of thiol groups is 1. The molecule has 5 heteroatoms. The van der Waals surface area contributed by atoms with Crippen LogP contribution in [0, 0.1) is 11.3 Å². The number of nitriles is 1. The number of rotatable bonds is 4. The molecule has 0 amide bonds. The van der Waals surface area contributed by atoms with Gasteiger partial charge in [-0.2, -0.15) is 5.26 Å². The maximum Gasteiger partial charge on any atom is 0.310 e. The van der Waals surface area contributed by atoms with Crippen molar-refractivity contribution in [3.8, 4) is 6.07 Å². The number of esters is 1. The van der Waals surface area contributed by atoms with E-state index in [2.05, 4.69) is 12.6 Å². The molecule has 0 aliphatic rings. The Bertz CT molecular complexity index is 491. The van der Waals surface area contributed by atoms with Crippen LogP contribution in [0.1, 0.15) is 28.4 Å². The van der Waals surface area contributed by atoms with Crippen LogP contribution in [-0.2, 0) is 16.0 Å². The molecule has 0 N–H and O–H groups in total. The molecule has 0 heterocycles. The molecule has 0 fully saturated rings. The molecule has 0 atom stereocenters. The highest BCUT2D eigenvalue weighted by molar-refractivity contribution is 7.80. The van der Waals surface area contributed by atoms with Gasteiger partial charge in [0.25, 0.3) is 0 Å². The third kappa shape index (κ3) is 3.33. The first-order valence-electron chi connectivity index (χ1n) is 4.99. The van der Waals surface area contributed by atoms with Crippen molar-refractivity contribution >= 4 is 24.9 Å². The van der Waals surface area contributed by atoms with Gasteiger partial charge in [-0.3, -0.25) is 9.59 Å². The number of nitrogens with zero attached hydrogens (tertiary/aromatic N) is 1. The molecule has 0 aliphatic heterocycles. The third-order valence-electron chi connectivity index (χ3n) is 2.15. The highest BCUT2D eigenvalue weighted by Gasteiger charge is 2.11. The lowest BCUT2D eigenvalue weighted by Crippen LogP contribution is -2.09. The summed E-state index contributed by atoms with van der Waals surface area (Å²) in [7, 11) is 0. The first kappa shape index (κ1) is 13.3. The van der Waals surface area contributed by atoms with E-state index >= 15 is 0 Å². The molecule has 88 valence electrons. The molecular weight excluding hydrogens is 238 g/mol. The number of carbonyl (C=O) groups is 2. The average Bonchev–Trinajstić information content (AvgIpc) is 2.31. The zero-order valence-electron chi connectivity index (χ0n) is 9.27. The molecule has 0 aliphatic carbocycles. The van der Waals surface area contributed by atoms with Gasteiger partial charge in [-0.1, -0.05) is 0 Å². The van der Waals surface area contributed by atoms with Gasteiger partial charge in [0.2, 0.25) is 0 Å². The molecule has 0 saturated carbocycles. The molecule has 4 nitrogen and oxygen atoms in total. The lowest BCUT2D eigenvalue weighted by atomic mass is 10.0. The molecule has 0 spiro atoms. The number of hydrogen-bond acceptors (Lipinski definition) is 5. The number of hydrogen-bond donors (Lipinski definition) is 1. The van der Waals surface area contributed by atoms with Gasteiger partial charge in [-0.25, -0.2) is 0 Å². The van der Waals surface area contributed by atoms with E-state index in [4.69, 9.17) is 10.00 Å². The van der Waals surface area contributed by atoms with Crippen LogP contribution in [0.4, 0.5) is 0 Å². The van der Waals surface area contributed by atoms with Gasteiger partial charge in [0.1, 0.15) is 12.4 Å². The Kier molecular flexibility index (Phi) is 4.73. The lowest BCUT2D eigenvalue weighted by molar-refractivity contribution is -0.142. The standard InChI is InChI=1S/C12H11NO3S/c1-2-16-12(15)5-8-3-9(6-13)11(17)4-10(8)7-14/h3-4,7,17H,2,5H2,1H3. The molecule has 17 heavy (non-hydrogen) atoms. The monoisotopic (exact) mass is 249 g/mol. The van der Waals surface area contributed by atoms with Crippen LogP contribution in [0.15, 0.2) is 17.0 Å². The molecule has 1 aromatic rings. The topological polar surface area (TPSA) is 67.2 Å². The minimum atomic E-state index is -0.425. The minimum Gasteiger partial charge on any atom is -0.466 e. The van der Waals surface area contributed by atoms with Crippen molar-refractivity contribution < 1.29 is 14.3 Å². The number of ether oxygens (including phenoxy) is 1. The number of benzene rings is 1. The second-order valence-corrected chi connectivity index (χ2v) is 3.76. The Morgan fingerprint density at radius 1 is 1.59 bits per heavy atom. The quantitative estimate of drug-likeness (QED) is 0.501. The van der Waals surface area contributed by atoms with Crippen molar-refractivity contribution in [2.24, 2.45) is 0 Å². The zero-order valence-corrected chi connectivity index (χ0v) is 10.2. The summed E-state index contributed by atoms with van der Waals surface area (Å²) in [6.45, 7) is 1.99. The Balaban J connectivity index is 3.09. The molecular formula is C12H11NO3S. The highest BCUT2D eigenvalue weighted by Crippen LogP contribution is 2.19. The van der Waals surface area contributed by atoms with Crippen molar-refractivity contribution in [1.82, 2.24) is 0 Å². The van der Waals surface area contributed by atoms with Gasteiger partial charge in [0, 0.05) is 10.5 Å². The number of carbonyl (C=O) groups excluding carboxylic acids is 2.